The molecule has 0 aliphatic heterocycles. The van der Waals surface area contributed by atoms with Crippen molar-refractivity contribution in [3.63, 3.8) is 0 Å². The number of hydrogen-bond acceptors (Lipinski definition) is 9. The number of aliphatic hydroxyl groups is 3. The third-order valence-corrected chi connectivity index (χ3v) is 7.79. The van der Waals surface area contributed by atoms with Crippen LogP contribution >= 0.6 is 0 Å². The summed E-state index contributed by atoms with van der Waals surface area (Å²) in [6.45, 7) is 0. The maximum Gasteiger partial charge on any atom is 0.255 e. The molecule has 0 fully saturated rings. The van der Waals surface area contributed by atoms with Crippen molar-refractivity contribution in [2.24, 2.45) is 17.6 Å². The molecule has 1 amide bonds. The minimum absolute atomic E-state index is 0.0131. The number of primary amides is 1. The predicted octanol–water partition coefficient (Wildman–Crippen LogP) is 1.23. The van der Waals surface area contributed by atoms with Crippen LogP contribution in [-0.2, 0) is 16.0 Å². The van der Waals surface area contributed by atoms with Crippen molar-refractivity contribution in [3.8, 4) is 23.3 Å². The highest BCUT2D eigenvalue weighted by molar-refractivity contribution is 6.24. The Morgan fingerprint density at radius 2 is 1.79 bits per heavy atom. The Balaban J connectivity index is 1.67. The number of amides is 1. The van der Waals surface area contributed by atoms with Crippen LogP contribution in [0.1, 0.15) is 33.5 Å². The SMILES string of the molecule is CN(C)[C@H]1C(O)=C(C(N)=O)C(=O)[C@@]2(O)C(O)=C3C(=O)c4c(O)ccc(C#Cc5cccc(O)c5)c4C[C@@H]3C[C@H]12. The minimum atomic E-state index is -2.69. The summed E-state index contributed by atoms with van der Waals surface area (Å²) in [4.78, 5) is 40.6. The van der Waals surface area contributed by atoms with Gasteiger partial charge in [0.15, 0.2) is 11.4 Å². The van der Waals surface area contributed by atoms with Crippen molar-refractivity contribution in [1.29, 1.82) is 0 Å². The number of aromatic hydroxyl groups is 2. The predicted molar refractivity (Wildman–Crippen MR) is 138 cm³/mol. The molecule has 0 unspecified atom stereocenters. The first kappa shape index (κ1) is 26.0. The Hall–Kier alpha value is -4.59. The molecule has 3 aliphatic rings. The van der Waals surface area contributed by atoms with Crippen LogP contribution in [0.15, 0.2) is 59.1 Å². The fourth-order valence-corrected chi connectivity index (χ4v) is 6.09. The summed E-state index contributed by atoms with van der Waals surface area (Å²) in [6.07, 6.45) is 0.119. The van der Waals surface area contributed by atoms with E-state index in [0.29, 0.717) is 16.7 Å². The van der Waals surface area contributed by atoms with E-state index in [2.05, 4.69) is 11.8 Å². The van der Waals surface area contributed by atoms with Crippen LogP contribution in [0, 0.1) is 23.7 Å². The zero-order valence-corrected chi connectivity index (χ0v) is 21.1. The molecule has 7 N–H and O–H groups in total. The second-order valence-corrected chi connectivity index (χ2v) is 10.2. The first-order chi connectivity index (χ1) is 18.4. The van der Waals surface area contributed by atoms with E-state index < -0.39 is 58.0 Å². The standard InChI is InChI=1S/C29H26N2O8/c1-31(2)23-18-12-15-11-17-14(7-6-13-4-3-5-16(32)10-13)8-9-19(33)21(17)24(34)20(15)26(36)29(18,39)27(37)22(25(23)35)28(30)38/h3-5,8-10,15,18,23,32-33,35-36,39H,11-12H2,1-2H3,(H2,30,38)/t15-,18-,23-,29+/m1/s1. The fraction of sp³-hybridized carbons (Fsp3) is 0.276. The van der Waals surface area contributed by atoms with Crippen LogP contribution in [0.4, 0.5) is 0 Å². The number of carbonyl (C=O) groups is 3. The van der Waals surface area contributed by atoms with E-state index in [-0.39, 0.29) is 35.5 Å². The number of hydrogen-bond donors (Lipinski definition) is 6. The molecule has 0 saturated heterocycles. The third kappa shape index (κ3) is 3.78. The van der Waals surface area contributed by atoms with Crippen molar-refractivity contribution in [1.82, 2.24) is 4.90 Å². The normalized spacial score (nSPS) is 26.0. The number of aliphatic hydroxyl groups excluding tert-OH is 2. The van der Waals surface area contributed by atoms with Gasteiger partial charge in [-0.05, 0) is 68.8 Å². The Morgan fingerprint density at radius 3 is 2.44 bits per heavy atom. The van der Waals surface area contributed by atoms with Gasteiger partial charge < -0.3 is 31.3 Å². The van der Waals surface area contributed by atoms with E-state index in [4.69, 9.17) is 5.73 Å². The molecule has 200 valence electrons. The Labute approximate surface area is 223 Å². The van der Waals surface area contributed by atoms with Gasteiger partial charge in [-0.2, -0.15) is 0 Å². The van der Waals surface area contributed by atoms with Gasteiger partial charge in [0, 0.05) is 22.6 Å². The van der Waals surface area contributed by atoms with Gasteiger partial charge in [0.05, 0.1) is 11.6 Å². The van der Waals surface area contributed by atoms with E-state index in [1.54, 1.807) is 32.3 Å². The lowest BCUT2D eigenvalue weighted by atomic mass is 9.58. The highest BCUT2D eigenvalue weighted by atomic mass is 16.3. The van der Waals surface area contributed by atoms with Gasteiger partial charge >= 0.3 is 0 Å². The maximum atomic E-state index is 13.7. The number of fused-ring (bicyclic) bond motifs is 3. The lowest BCUT2D eigenvalue weighted by molar-refractivity contribution is -0.148. The second kappa shape index (κ2) is 9.01. The summed E-state index contributed by atoms with van der Waals surface area (Å²) >= 11 is 0. The number of nitrogens with two attached hydrogens (primary N) is 1. The molecule has 5 rings (SSSR count). The molecule has 3 aliphatic carbocycles. The highest BCUT2D eigenvalue weighted by Crippen LogP contribution is 2.52. The fourth-order valence-electron chi connectivity index (χ4n) is 6.09. The molecular formula is C29H26N2O8. The van der Waals surface area contributed by atoms with Crippen LogP contribution < -0.4 is 5.73 Å². The summed E-state index contributed by atoms with van der Waals surface area (Å²) in [5.74, 6) is -1.09. The van der Waals surface area contributed by atoms with Gasteiger partial charge in [0.2, 0.25) is 5.78 Å². The van der Waals surface area contributed by atoms with Gasteiger partial charge in [0.1, 0.15) is 28.6 Å². The van der Waals surface area contributed by atoms with Crippen LogP contribution in [0.5, 0.6) is 11.5 Å². The summed E-state index contributed by atoms with van der Waals surface area (Å²) in [5, 5.41) is 54.2. The van der Waals surface area contributed by atoms with Crippen molar-refractivity contribution >= 4 is 17.5 Å². The number of nitrogens with zero attached hydrogens (tertiary/aromatic N) is 1. The average molecular weight is 531 g/mol. The molecule has 10 heteroatoms. The van der Waals surface area contributed by atoms with Crippen molar-refractivity contribution in [3.05, 3.63) is 81.3 Å². The lowest BCUT2D eigenvalue weighted by Crippen LogP contribution is -2.63. The minimum Gasteiger partial charge on any atom is -0.510 e. The molecule has 0 aromatic heterocycles. The first-order valence-electron chi connectivity index (χ1n) is 12.2. The van der Waals surface area contributed by atoms with Crippen molar-refractivity contribution < 1.29 is 39.9 Å². The van der Waals surface area contributed by atoms with Gasteiger partial charge in [-0.15, -0.1) is 0 Å². The lowest BCUT2D eigenvalue weighted by Gasteiger charge is -2.50. The van der Waals surface area contributed by atoms with E-state index in [0.717, 1.165) is 0 Å². The number of carbonyl (C=O) groups excluding carboxylic acids is 3. The number of ketones is 2. The zero-order chi connectivity index (χ0) is 28.4. The van der Waals surface area contributed by atoms with E-state index >= 15 is 0 Å². The summed E-state index contributed by atoms with van der Waals surface area (Å²) < 4.78 is 0. The third-order valence-electron chi connectivity index (χ3n) is 7.79. The van der Waals surface area contributed by atoms with Crippen LogP contribution in [0.3, 0.4) is 0 Å². The molecule has 10 nitrogen and oxygen atoms in total. The Bertz CT molecular complexity index is 1590. The molecule has 39 heavy (non-hydrogen) atoms. The van der Waals surface area contributed by atoms with E-state index in [9.17, 15) is 39.9 Å². The van der Waals surface area contributed by atoms with Crippen molar-refractivity contribution in [2.45, 2.75) is 24.5 Å². The number of likely N-dealkylation sites (N-methyl/N-ethyl adjacent to an activating group) is 1. The van der Waals surface area contributed by atoms with Gasteiger partial charge in [0.25, 0.3) is 5.91 Å². The van der Waals surface area contributed by atoms with Crippen LogP contribution in [0.25, 0.3) is 0 Å². The molecule has 0 heterocycles. The number of phenols is 2. The number of allylic oxidation sites excluding steroid dienone is 1. The molecule has 2 aromatic rings. The highest BCUT2D eigenvalue weighted by Gasteiger charge is 2.63. The van der Waals surface area contributed by atoms with E-state index in [1.807, 2.05) is 0 Å². The van der Waals surface area contributed by atoms with E-state index in [1.165, 1.54) is 23.1 Å². The molecule has 4 atom stereocenters. The number of phenolic OH excluding ortho intramolecular Hbond substituents is 2. The largest absolute Gasteiger partial charge is 0.510 e. The summed E-state index contributed by atoms with van der Waals surface area (Å²) in [5.41, 5.74) is 2.87. The quantitative estimate of drug-likeness (QED) is 0.246. The van der Waals surface area contributed by atoms with Crippen molar-refractivity contribution in [2.75, 3.05) is 14.1 Å². The van der Waals surface area contributed by atoms with Crippen LogP contribution in [-0.4, -0.2) is 73.6 Å². The van der Waals surface area contributed by atoms with Crippen LogP contribution in [0.2, 0.25) is 0 Å². The summed E-state index contributed by atoms with van der Waals surface area (Å²) in [7, 11) is 3.14. The van der Waals surface area contributed by atoms with Gasteiger partial charge in [-0.1, -0.05) is 17.9 Å². The molecule has 0 bridgehead atoms. The molecule has 0 radical (unpaired) electrons. The molecule has 2 aromatic carbocycles. The zero-order valence-electron chi connectivity index (χ0n) is 21.1. The number of Topliss-reactive ketones (excluding diaryl/α,β-unsaturated/α-hetero) is 2. The maximum absolute atomic E-state index is 13.7. The smallest absolute Gasteiger partial charge is 0.255 e. The molecular weight excluding hydrogens is 504 g/mol. The van der Waals surface area contributed by atoms with Gasteiger partial charge in [-0.25, -0.2) is 0 Å². The number of benzene rings is 2. The number of rotatable bonds is 2. The van der Waals surface area contributed by atoms with Gasteiger partial charge in [-0.3, -0.25) is 19.3 Å². The summed E-state index contributed by atoms with van der Waals surface area (Å²) in [6, 6.07) is 8.11. The first-order valence-corrected chi connectivity index (χ1v) is 12.2. The monoisotopic (exact) mass is 530 g/mol. The Morgan fingerprint density at radius 1 is 1.08 bits per heavy atom. The molecule has 0 saturated carbocycles. The second-order valence-electron chi connectivity index (χ2n) is 10.2. The Kier molecular flexibility index (Phi) is 6.01. The molecule has 0 spiro atoms. The topological polar surface area (TPSA) is 182 Å². The average Bonchev–Trinajstić information content (AvgIpc) is 2.85.